The third-order valence-corrected chi connectivity index (χ3v) is 3.27. The first kappa shape index (κ1) is 11.3. The molecule has 1 aliphatic carbocycles. The van der Waals surface area contributed by atoms with E-state index in [0.717, 1.165) is 38.8 Å². The maximum atomic E-state index is 11.1. The summed E-state index contributed by atoms with van der Waals surface area (Å²) >= 11 is 0. The van der Waals surface area contributed by atoms with Crippen LogP contribution in [0.5, 0.6) is 0 Å². The largest absolute Gasteiger partial charge is 0.312 e. The van der Waals surface area contributed by atoms with Gasteiger partial charge in [-0.3, -0.25) is 4.79 Å². The van der Waals surface area contributed by atoms with E-state index in [4.69, 9.17) is 0 Å². The van der Waals surface area contributed by atoms with E-state index in [0.29, 0.717) is 11.7 Å². The lowest BCUT2D eigenvalue weighted by Crippen LogP contribution is -2.26. The number of hydrogen-bond donors (Lipinski definition) is 1. The molecule has 0 amide bonds. The van der Waals surface area contributed by atoms with Crippen molar-refractivity contribution in [2.45, 2.75) is 32.2 Å². The van der Waals surface area contributed by atoms with Crippen LogP contribution in [0.25, 0.3) is 0 Å². The molecule has 1 aromatic rings. The standard InChI is InChI=1S/C14H19NO/c16-14-8-6-13(7-9-14)11-15-10-12-4-2-1-3-5-12/h1-5,13,15H,6-11H2. The summed E-state index contributed by atoms with van der Waals surface area (Å²) in [4.78, 5) is 11.1. The van der Waals surface area contributed by atoms with E-state index < -0.39 is 0 Å². The smallest absolute Gasteiger partial charge is 0.132 e. The van der Waals surface area contributed by atoms with Gasteiger partial charge in [0.1, 0.15) is 5.78 Å². The van der Waals surface area contributed by atoms with Crippen LogP contribution in [0.1, 0.15) is 31.2 Å². The van der Waals surface area contributed by atoms with Gasteiger partial charge in [-0.2, -0.15) is 0 Å². The second-order valence-corrected chi connectivity index (χ2v) is 4.60. The summed E-state index contributed by atoms with van der Waals surface area (Å²) in [6.07, 6.45) is 3.72. The Balaban J connectivity index is 1.67. The van der Waals surface area contributed by atoms with Gasteiger partial charge in [-0.05, 0) is 30.9 Å². The molecule has 0 unspecified atom stereocenters. The topological polar surface area (TPSA) is 29.1 Å². The molecule has 1 N–H and O–H groups in total. The maximum Gasteiger partial charge on any atom is 0.132 e. The summed E-state index contributed by atoms with van der Waals surface area (Å²) in [5, 5.41) is 3.47. The highest BCUT2D eigenvalue weighted by atomic mass is 16.1. The molecule has 0 spiro atoms. The molecule has 1 aliphatic rings. The van der Waals surface area contributed by atoms with Gasteiger partial charge in [-0.25, -0.2) is 0 Å². The van der Waals surface area contributed by atoms with Crippen LogP contribution in [0.3, 0.4) is 0 Å². The molecule has 2 rings (SSSR count). The fourth-order valence-electron chi connectivity index (χ4n) is 2.22. The zero-order chi connectivity index (χ0) is 11.2. The average molecular weight is 217 g/mol. The van der Waals surface area contributed by atoms with Crippen molar-refractivity contribution in [2.75, 3.05) is 6.54 Å². The van der Waals surface area contributed by atoms with Crippen molar-refractivity contribution in [1.29, 1.82) is 0 Å². The summed E-state index contributed by atoms with van der Waals surface area (Å²) in [6.45, 7) is 1.98. The quantitative estimate of drug-likeness (QED) is 0.839. The molecule has 0 bridgehead atoms. The number of carbonyl (C=O) groups excluding carboxylic acids is 1. The highest BCUT2D eigenvalue weighted by molar-refractivity contribution is 5.79. The average Bonchev–Trinajstić information content (AvgIpc) is 2.33. The van der Waals surface area contributed by atoms with Crippen molar-refractivity contribution in [3.05, 3.63) is 35.9 Å². The van der Waals surface area contributed by atoms with Crippen LogP contribution in [0.2, 0.25) is 0 Å². The lowest BCUT2D eigenvalue weighted by atomic mass is 9.88. The van der Waals surface area contributed by atoms with Crippen LogP contribution in [-0.2, 0) is 11.3 Å². The molecule has 0 radical (unpaired) electrons. The third-order valence-electron chi connectivity index (χ3n) is 3.27. The second kappa shape index (κ2) is 5.80. The molecule has 1 fully saturated rings. The first-order chi connectivity index (χ1) is 7.84. The van der Waals surface area contributed by atoms with Crippen molar-refractivity contribution in [3.63, 3.8) is 0 Å². The summed E-state index contributed by atoms with van der Waals surface area (Å²) < 4.78 is 0. The number of benzene rings is 1. The Labute approximate surface area is 97.1 Å². The van der Waals surface area contributed by atoms with Gasteiger partial charge in [-0.15, -0.1) is 0 Å². The Morgan fingerprint density at radius 2 is 1.81 bits per heavy atom. The molecule has 0 heterocycles. The molecule has 2 nitrogen and oxygen atoms in total. The minimum atomic E-state index is 0.444. The van der Waals surface area contributed by atoms with Gasteiger partial charge >= 0.3 is 0 Å². The lowest BCUT2D eigenvalue weighted by molar-refractivity contribution is -0.120. The first-order valence-electron chi connectivity index (χ1n) is 6.11. The van der Waals surface area contributed by atoms with Crippen molar-refractivity contribution < 1.29 is 4.79 Å². The molecule has 1 aromatic carbocycles. The number of nitrogens with one attached hydrogen (secondary N) is 1. The third kappa shape index (κ3) is 3.46. The van der Waals surface area contributed by atoms with Crippen molar-refractivity contribution in [3.8, 4) is 0 Å². The predicted octanol–water partition coefficient (Wildman–Crippen LogP) is 2.54. The molecule has 1 saturated carbocycles. The first-order valence-corrected chi connectivity index (χ1v) is 6.11. The van der Waals surface area contributed by atoms with E-state index in [9.17, 15) is 4.79 Å². The Morgan fingerprint density at radius 3 is 2.50 bits per heavy atom. The van der Waals surface area contributed by atoms with Crippen LogP contribution < -0.4 is 5.32 Å². The van der Waals surface area contributed by atoms with Crippen molar-refractivity contribution >= 4 is 5.78 Å². The van der Waals surface area contributed by atoms with E-state index in [-0.39, 0.29) is 0 Å². The number of ketones is 1. The Morgan fingerprint density at radius 1 is 1.12 bits per heavy atom. The monoisotopic (exact) mass is 217 g/mol. The zero-order valence-corrected chi connectivity index (χ0v) is 9.61. The SMILES string of the molecule is O=C1CCC(CNCc2ccccc2)CC1. The number of carbonyl (C=O) groups is 1. The van der Waals surface area contributed by atoms with E-state index in [1.54, 1.807) is 0 Å². The van der Waals surface area contributed by atoms with Gasteiger partial charge in [0.25, 0.3) is 0 Å². The fourth-order valence-corrected chi connectivity index (χ4v) is 2.22. The Kier molecular flexibility index (Phi) is 4.11. The van der Waals surface area contributed by atoms with Crippen LogP contribution in [-0.4, -0.2) is 12.3 Å². The summed E-state index contributed by atoms with van der Waals surface area (Å²) in [5.41, 5.74) is 1.33. The molecule has 0 aromatic heterocycles. The Hall–Kier alpha value is -1.15. The van der Waals surface area contributed by atoms with Crippen LogP contribution >= 0.6 is 0 Å². The van der Waals surface area contributed by atoms with Gasteiger partial charge in [0.2, 0.25) is 0 Å². The van der Waals surface area contributed by atoms with Crippen LogP contribution in [0.15, 0.2) is 30.3 Å². The van der Waals surface area contributed by atoms with Crippen LogP contribution in [0, 0.1) is 5.92 Å². The van der Waals surface area contributed by atoms with Gasteiger partial charge in [0.15, 0.2) is 0 Å². The van der Waals surface area contributed by atoms with Gasteiger partial charge in [0.05, 0.1) is 0 Å². The number of Topliss-reactive ketones (excluding diaryl/α,β-unsaturated/α-hetero) is 1. The molecular weight excluding hydrogens is 198 g/mol. The molecule has 0 atom stereocenters. The molecular formula is C14H19NO. The molecule has 0 saturated heterocycles. The molecule has 86 valence electrons. The predicted molar refractivity (Wildman–Crippen MR) is 65.1 cm³/mol. The number of hydrogen-bond acceptors (Lipinski definition) is 2. The van der Waals surface area contributed by atoms with Gasteiger partial charge < -0.3 is 5.32 Å². The zero-order valence-electron chi connectivity index (χ0n) is 9.61. The van der Waals surface area contributed by atoms with E-state index in [1.807, 2.05) is 6.07 Å². The lowest BCUT2D eigenvalue weighted by Gasteiger charge is -2.21. The summed E-state index contributed by atoms with van der Waals surface area (Å²) in [6, 6.07) is 10.4. The van der Waals surface area contributed by atoms with E-state index >= 15 is 0 Å². The minimum absolute atomic E-state index is 0.444. The van der Waals surface area contributed by atoms with Gasteiger partial charge in [0, 0.05) is 19.4 Å². The fraction of sp³-hybridized carbons (Fsp3) is 0.500. The Bertz CT molecular complexity index is 324. The second-order valence-electron chi connectivity index (χ2n) is 4.60. The molecule has 2 heteroatoms. The summed E-state index contributed by atoms with van der Waals surface area (Å²) in [5.74, 6) is 1.14. The molecule has 0 aliphatic heterocycles. The van der Waals surface area contributed by atoms with E-state index in [2.05, 4.69) is 29.6 Å². The minimum Gasteiger partial charge on any atom is -0.312 e. The highest BCUT2D eigenvalue weighted by Crippen LogP contribution is 2.20. The normalized spacial score (nSPS) is 17.6. The number of rotatable bonds is 4. The summed E-state index contributed by atoms with van der Waals surface area (Å²) in [7, 11) is 0. The van der Waals surface area contributed by atoms with Crippen molar-refractivity contribution in [1.82, 2.24) is 5.32 Å². The highest BCUT2D eigenvalue weighted by Gasteiger charge is 2.17. The van der Waals surface area contributed by atoms with Crippen molar-refractivity contribution in [2.24, 2.45) is 5.92 Å². The van der Waals surface area contributed by atoms with Gasteiger partial charge in [-0.1, -0.05) is 30.3 Å². The maximum absolute atomic E-state index is 11.1. The van der Waals surface area contributed by atoms with Crippen LogP contribution in [0.4, 0.5) is 0 Å². The molecule has 16 heavy (non-hydrogen) atoms. The van der Waals surface area contributed by atoms with E-state index in [1.165, 1.54) is 5.56 Å².